The van der Waals surface area contributed by atoms with E-state index in [0.717, 1.165) is 49.7 Å². The summed E-state index contributed by atoms with van der Waals surface area (Å²) in [6.45, 7) is 8.00. The van der Waals surface area contributed by atoms with Crippen LogP contribution in [0.15, 0.2) is 72.8 Å². The van der Waals surface area contributed by atoms with Gasteiger partial charge in [-0.05, 0) is 68.7 Å². The van der Waals surface area contributed by atoms with E-state index in [2.05, 4.69) is 41.8 Å². The molecule has 0 unspecified atom stereocenters. The minimum atomic E-state index is -0.274. The molecule has 5 aromatic rings. The molecule has 1 aliphatic rings. The number of aryl methyl sites for hydroxylation is 4. The van der Waals surface area contributed by atoms with Crippen LogP contribution in [0.1, 0.15) is 43.0 Å². The molecule has 0 aliphatic carbocycles. The fourth-order valence-corrected chi connectivity index (χ4v) is 5.52. The third-order valence-electron chi connectivity index (χ3n) is 6.82. The monoisotopic (exact) mass is 444 g/mol. The summed E-state index contributed by atoms with van der Waals surface area (Å²) in [4.78, 5) is 28.9. The van der Waals surface area contributed by atoms with Gasteiger partial charge >= 0.3 is 0 Å². The van der Waals surface area contributed by atoms with Crippen LogP contribution in [-0.4, -0.2) is 16.4 Å². The van der Waals surface area contributed by atoms with Gasteiger partial charge in [-0.15, -0.1) is 0 Å². The zero-order chi connectivity index (χ0) is 23.7. The summed E-state index contributed by atoms with van der Waals surface area (Å²) in [5.74, 6) is -0.543. The molecule has 34 heavy (non-hydrogen) atoms. The standard InChI is InChI=1S/C30H24N2O2/c1-17-12-13-22-21-8-5-6-10-24(21)31(26(22)16-17)25-11-7-9-23-27(25)30(34)32(29(23)33)28-19(3)14-18(2)15-20(28)4/h5-16H,1-4H3. The van der Waals surface area contributed by atoms with Crippen LogP contribution in [0.25, 0.3) is 27.5 Å². The van der Waals surface area contributed by atoms with Crippen LogP contribution < -0.4 is 4.90 Å². The summed E-state index contributed by atoms with van der Waals surface area (Å²) in [5, 5.41) is 2.24. The molecule has 0 atom stereocenters. The number of rotatable bonds is 2. The topological polar surface area (TPSA) is 42.3 Å². The van der Waals surface area contributed by atoms with E-state index < -0.39 is 0 Å². The molecule has 2 amide bonds. The second-order valence-corrected chi connectivity index (χ2v) is 9.27. The van der Waals surface area contributed by atoms with E-state index >= 15 is 0 Å². The zero-order valence-corrected chi connectivity index (χ0v) is 19.6. The fraction of sp³-hybridized carbons (Fsp3) is 0.133. The number of fused-ring (bicyclic) bond motifs is 4. The maximum Gasteiger partial charge on any atom is 0.268 e. The Balaban J connectivity index is 1.65. The maximum atomic E-state index is 13.9. The predicted octanol–water partition coefficient (Wildman–Crippen LogP) is 6.82. The molecule has 4 aromatic carbocycles. The van der Waals surface area contributed by atoms with Gasteiger partial charge in [0.2, 0.25) is 0 Å². The Hall–Kier alpha value is -4.18. The number of nitrogens with zero attached hydrogens (tertiary/aromatic N) is 2. The largest absolute Gasteiger partial charge is 0.308 e. The maximum absolute atomic E-state index is 13.9. The Morgan fingerprint density at radius 3 is 2.09 bits per heavy atom. The molecule has 2 heterocycles. The molecule has 0 radical (unpaired) electrons. The number of carbonyl (C=O) groups is 2. The van der Waals surface area contributed by atoms with Gasteiger partial charge < -0.3 is 4.57 Å². The molecule has 1 aliphatic heterocycles. The minimum absolute atomic E-state index is 0.270. The van der Waals surface area contributed by atoms with Gasteiger partial charge in [0, 0.05) is 10.8 Å². The van der Waals surface area contributed by atoms with Crippen LogP contribution in [0, 0.1) is 27.7 Å². The molecule has 4 heteroatoms. The van der Waals surface area contributed by atoms with Crippen LogP contribution in [0.5, 0.6) is 0 Å². The van der Waals surface area contributed by atoms with Gasteiger partial charge in [0.1, 0.15) is 0 Å². The number of para-hydroxylation sites is 1. The third-order valence-corrected chi connectivity index (χ3v) is 6.82. The number of anilines is 1. The number of aromatic nitrogens is 1. The average Bonchev–Trinajstić information content (AvgIpc) is 3.25. The molecule has 166 valence electrons. The van der Waals surface area contributed by atoms with Crippen molar-refractivity contribution in [2.75, 3.05) is 4.90 Å². The number of carbonyl (C=O) groups excluding carboxylic acids is 2. The van der Waals surface area contributed by atoms with E-state index in [0.29, 0.717) is 16.8 Å². The van der Waals surface area contributed by atoms with Crippen molar-refractivity contribution in [1.29, 1.82) is 0 Å². The molecule has 0 saturated heterocycles. The molecule has 0 bridgehead atoms. The quantitative estimate of drug-likeness (QED) is 0.280. The molecule has 4 nitrogen and oxygen atoms in total. The van der Waals surface area contributed by atoms with E-state index in [1.807, 2.05) is 57.2 Å². The number of amides is 2. The Kier molecular flexibility index (Phi) is 4.30. The van der Waals surface area contributed by atoms with Crippen LogP contribution in [0.3, 0.4) is 0 Å². The van der Waals surface area contributed by atoms with Crippen molar-refractivity contribution in [3.05, 3.63) is 106 Å². The van der Waals surface area contributed by atoms with Gasteiger partial charge in [-0.3, -0.25) is 9.59 Å². The van der Waals surface area contributed by atoms with E-state index in [9.17, 15) is 9.59 Å². The van der Waals surface area contributed by atoms with Gasteiger partial charge in [-0.2, -0.15) is 0 Å². The zero-order valence-electron chi connectivity index (χ0n) is 19.6. The van der Waals surface area contributed by atoms with Crippen LogP contribution in [0.2, 0.25) is 0 Å². The van der Waals surface area contributed by atoms with Crippen molar-refractivity contribution in [3.63, 3.8) is 0 Å². The van der Waals surface area contributed by atoms with Gasteiger partial charge in [-0.25, -0.2) is 4.90 Å². The Morgan fingerprint density at radius 2 is 1.32 bits per heavy atom. The normalized spacial score (nSPS) is 13.4. The highest BCUT2D eigenvalue weighted by molar-refractivity contribution is 6.36. The highest BCUT2D eigenvalue weighted by Gasteiger charge is 2.40. The lowest BCUT2D eigenvalue weighted by molar-refractivity contribution is 0.0925. The van der Waals surface area contributed by atoms with Crippen LogP contribution >= 0.6 is 0 Å². The van der Waals surface area contributed by atoms with Gasteiger partial charge in [0.25, 0.3) is 11.8 Å². The first-order chi connectivity index (χ1) is 16.4. The molecule has 0 fully saturated rings. The summed E-state index contributed by atoms with van der Waals surface area (Å²) < 4.78 is 2.13. The van der Waals surface area contributed by atoms with Crippen molar-refractivity contribution < 1.29 is 9.59 Å². The van der Waals surface area contributed by atoms with Crippen molar-refractivity contribution >= 4 is 39.3 Å². The first-order valence-corrected chi connectivity index (χ1v) is 11.5. The summed E-state index contributed by atoms with van der Waals surface area (Å²) in [7, 11) is 0. The predicted molar refractivity (Wildman–Crippen MR) is 137 cm³/mol. The second kappa shape index (κ2) is 7.16. The Morgan fingerprint density at radius 1 is 0.618 bits per heavy atom. The van der Waals surface area contributed by atoms with E-state index in [1.54, 1.807) is 6.07 Å². The Bertz CT molecular complexity index is 1670. The lowest BCUT2D eigenvalue weighted by Gasteiger charge is -2.20. The molecule has 0 saturated carbocycles. The smallest absolute Gasteiger partial charge is 0.268 e. The second-order valence-electron chi connectivity index (χ2n) is 9.27. The molecule has 1 aromatic heterocycles. The van der Waals surface area contributed by atoms with Gasteiger partial charge in [0.15, 0.2) is 0 Å². The highest BCUT2D eigenvalue weighted by atomic mass is 16.2. The van der Waals surface area contributed by atoms with Crippen molar-refractivity contribution in [1.82, 2.24) is 4.57 Å². The van der Waals surface area contributed by atoms with Gasteiger partial charge in [-0.1, -0.05) is 54.1 Å². The number of hydrogen-bond donors (Lipinski definition) is 0. The Labute approximate surface area is 198 Å². The molecule has 6 rings (SSSR count). The minimum Gasteiger partial charge on any atom is -0.308 e. The molecular formula is C30H24N2O2. The van der Waals surface area contributed by atoms with Gasteiger partial charge in [0.05, 0.1) is 33.5 Å². The van der Waals surface area contributed by atoms with Crippen molar-refractivity contribution in [2.45, 2.75) is 27.7 Å². The van der Waals surface area contributed by atoms with E-state index in [-0.39, 0.29) is 11.8 Å². The average molecular weight is 445 g/mol. The summed E-state index contributed by atoms with van der Waals surface area (Å²) >= 11 is 0. The van der Waals surface area contributed by atoms with E-state index in [1.165, 1.54) is 4.90 Å². The highest BCUT2D eigenvalue weighted by Crippen LogP contribution is 2.39. The van der Waals surface area contributed by atoms with Crippen LogP contribution in [0.4, 0.5) is 5.69 Å². The lowest BCUT2D eigenvalue weighted by atomic mass is 10.0. The summed E-state index contributed by atoms with van der Waals surface area (Å²) in [6.07, 6.45) is 0. The summed E-state index contributed by atoms with van der Waals surface area (Å²) in [5.41, 5.74) is 8.43. The number of imide groups is 1. The van der Waals surface area contributed by atoms with Crippen molar-refractivity contribution in [2.24, 2.45) is 0 Å². The lowest BCUT2D eigenvalue weighted by Crippen LogP contribution is -2.31. The first kappa shape index (κ1) is 20.4. The van der Waals surface area contributed by atoms with E-state index in [4.69, 9.17) is 0 Å². The SMILES string of the molecule is Cc1cc(C)c(N2C(=O)c3cccc(-n4c5ccccc5c5ccc(C)cc54)c3C2=O)c(C)c1. The number of hydrogen-bond acceptors (Lipinski definition) is 2. The molecular weight excluding hydrogens is 420 g/mol. The third kappa shape index (κ3) is 2.72. The fourth-order valence-electron chi connectivity index (χ4n) is 5.52. The number of benzene rings is 4. The van der Waals surface area contributed by atoms with Crippen molar-refractivity contribution in [3.8, 4) is 5.69 Å². The molecule has 0 spiro atoms. The molecule has 0 N–H and O–H groups in total. The first-order valence-electron chi connectivity index (χ1n) is 11.5. The summed E-state index contributed by atoms with van der Waals surface area (Å²) in [6, 6.07) is 24.2. The van der Waals surface area contributed by atoms with Crippen LogP contribution in [-0.2, 0) is 0 Å².